The van der Waals surface area contributed by atoms with Gasteiger partial charge in [-0.2, -0.15) is 0 Å². The summed E-state index contributed by atoms with van der Waals surface area (Å²) in [5.41, 5.74) is 10.6. The highest BCUT2D eigenvalue weighted by atomic mass is 16.3. The van der Waals surface area contributed by atoms with Crippen LogP contribution < -0.4 is 0 Å². The molecule has 13 rings (SSSR count). The summed E-state index contributed by atoms with van der Waals surface area (Å²) in [5, 5.41) is 16.6. The average Bonchev–Trinajstić information content (AvgIpc) is 3.88. The minimum Gasteiger partial charge on any atom is -0.456 e. The van der Waals surface area contributed by atoms with E-state index in [0.29, 0.717) is 0 Å². The van der Waals surface area contributed by atoms with E-state index in [-0.39, 0.29) is 0 Å². The van der Waals surface area contributed by atoms with Crippen molar-refractivity contribution in [3.8, 4) is 33.4 Å². The molecule has 13 aromatic rings. The Kier molecular flexibility index (Phi) is 6.47. The van der Waals surface area contributed by atoms with Crippen molar-refractivity contribution in [3.05, 3.63) is 194 Å². The van der Waals surface area contributed by atoms with Gasteiger partial charge in [-0.25, -0.2) is 0 Å². The van der Waals surface area contributed by atoms with E-state index in [1.165, 1.54) is 65.0 Å². The Balaban J connectivity index is 1.08. The van der Waals surface area contributed by atoms with Crippen LogP contribution in [0.25, 0.3) is 131 Å². The van der Waals surface area contributed by atoms with Crippen molar-refractivity contribution in [1.82, 2.24) is 0 Å². The number of hydrogen-bond acceptors (Lipinski definition) is 2. The third-order valence-electron chi connectivity index (χ3n) is 12.4. The van der Waals surface area contributed by atoms with Crippen LogP contribution in [0.15, 0.2) is 203 Å². The van der Waals surface area contributed by atoms with Crippen LogP contribution in [-0.4, -0.2) is 0 Å². The lowest BCUT2D eigenvalue weighted by molar-refractivity contribution is 0.669. The lowest BCUT2D eigenvalue weighted by Crippen LogP contribution is -1.91. The lowest BCUT2D eigenvalue weighted by Gasteiger charge is -2.18. The topological polar surface area (TPSA) is 26.3 Å². The predicted octanol–water partition coefficient (Wildman–Crippen LogP) is 16.3. The molecular weight excluding hydrogens is 705 g/mol. The van der Waals surface area contributed by atoms with Gasteiger partial charge in [0, 0.05) is 32.5 Å². The zero-order chi connectivity index (χ0) is 37.9. The number of para-hydroxylation sites is 1. The van der Waals surface area contributed by atoms with Gasteiger partial charge in [-0.1, -0.05) is 164 Å². The summed E-state index contributed by atoms with van der Waals surface area (Å²) in [6, 6.07) is 70.2. The second-order valence-electron chi connectivity index (χ2n) is 15.5. The van der Waals surface area contributed by atoms with E-state index < -0.39 is 0 Å². The highest BCUT2D eigenvalue weighted by Crippen LogP contribution is 2.49. The normalized spacial score (nSPS) is 12.1. The first-order chi connectivity index (χ1) is 28.8. The van der Waals surface area contributed by atoms with E-state index in [2.05, 4.69) is 182 Å². The maximum atomic E-state index is 7.16. The van der Waals surface area contributed by atoms with Crippen LogP contribution in [0.4, 0.5) is 0 Å². The summed E-state index contributed by atoms with van der Waals surface area (Å²) in [5.74, 6) is 0. The first-order valence-corrected chi connectivity index (χ1v) is 19.9. The average molecular weight is 737 g/mol. The Hall–Kier alpha value is -7.68. The van der Waals surface area contributed by atoms with E-state index in [1.807, 2.05) is 12.1 Å². The van der Waals surface area contributed by atoms with Gasteiger partial charge in [0.15, 0.2) is 0 Å². The van der Waals surface area contributed by atoms with Crippen LogP contribution in [0, 0.1) is 0 Å². The Morgan fingerprint density at radius 2 is 0.759 bits per heavy atom. The van der Waals surface area contributed by atoms with Crippen LogP contribution in [0.1, 0.15) is 0 Å². The standard InChI is InChI=1S/C56H32O2/c1-2-17-37-34(14-1)31-48(56-53(37)54-42-21-5-3-18-38(42)39-19-4-10-26-47(39)55(54)58-56)33-15-13-16-35(30-33)51-43-22-6-8-24-45(43)52(46-25-9-7-23-44(46)51)36-28-29-41-40-20-11-12-27-49(40)57-50(41)32-36/h1-32H. The van der Waals surface area contributed by atoms with Crippen LogP contribution in [-0.2, 0) is 0 Å². The second-order valence-corrected chi connectivity index (χ2v) is 15.5. The van der Waals surface area contributed by atoms with Gasteiger partial charge in [0.1, 0.15) is 22.3 Å². The van der Waals surface area contributed by atoms with Gasteiger partial charge < -0.3 is 8.83 Å². The first-order valence-electron chi connectivity index (χ1n) is 19.9. The number of benzene rings is 11. The summed E-state index contributed by atoms with van der Waals surface area (Å²) < 4.78 is 13.6. The number of rotatable bonds is 3. The molecule has 0 aliphatic carbocycles. The molecule has 0 spiro atoms. The van der Waals surface area contributed by atoms with Crippen molar-refractivity contribution >= 4 is 97.7 Å². The van der Waals surface area contributed by atoms with Gasteiger partial charge in [0.05, 0.1) is 0 Å². The maximum absolute atomic E-state index is 7.16. The smallest absolute Gasteiger partial charge is 0.143 e. The van der Waals surface area contributed by atoms with Gasteiger partial charge in [-0.3, -0.25) is 0 Å². The molecule has 0 radical (unpaired) electrons. The fourth-order valence-corrected chi connectivity index (χ4v) is 9.94. The summed E-state index contributed by atoms with van der Waals surface area (Å²) in [4.78, 5) is 0. The molecule has 0 aliphatic rings. The molecule has 0 fully saturated rings. The maximum Gasteiger partial charge on any atom is 0.143 e. The highest BCUT2D eigenvalue weighted by molar-refractivity contribution is 6.35. The van der Waals surface area contributed by atoms with Crippen molar-refractivity contribution in [2.24, 2.45) is 0 Å². The fourth-order valence-electron chi connectivity index (χ4n) is 9.94. The first kappa shape index (κ1) is 31.5. The lowest BCUT2D eigenvalue weighted by atomic mass is 9.85. The third kappa shape index (κ3) is 4.37. The second kappa shape index (κ2) is 11.9. The summed E-state index contributed by atoms with van der Waals surface area (Å²) in [6.07, 6.45) is 0. The van der Waals surface area contributed by atoms with Crippen molar-refractivity contribution < 1.29 is 8.83 Å². The molecule has 0 bridgehead atoms. The highest BCUT2D eigenvalue weighted by Gasteiger charge is 2.22. The van der Waals surface area contributed by atoms with E-state index in [1.54, 1.807) is 0 Å². The van der Waals surface area contributed by atoms with E-state index in [0.717, 1.165) is 66.1 Å². The summed E-state index contributed by atoms with van der Waals surface area (Å²) in [6.45, 7) is 0. The molecule has 0 saturated carbocycles. The van der Waals surface area contributed by atoms with Crippen molar-refractivity contribution in [3.63, 3.8) is 0 Å². The molecular formula is C56H32O2. The van der Waals surface area contributed by atoms with Crippen molar-refractivity contribution in [1.29, 1.82) is 0 Å². The molecule has 2 heteroatoms. The molecule has 2 heterocycles. The van der Waals surface area contributed by atoms with E-state index >= 15 is 0 Å². The Bertz CT molecular complexity index is 3800. The quantitative estimate of drug-likeness (QED) is 0.133. The molecule has 0 saturated heterocycles. The van der Waals surface area contributed by atoms with Gasteiger partial charge in [-0.15, -0.1) is 0 Å². The zero-order valence-electron chi connectivity index (χ0n) is 31.3. The Morgan fingerprint density at radius 1 is 0.259 bits per heavy atom. The molecule has 2 aromatic heterocycles. The van der Waals surface area contributed by atoms with E-state index in [9.17, 15) is 0 Å². The van der Waals surface area contributed by atoms with Crippen LogP contribution >= 0.6 is 0 Å². The molecule has 0 N–H and O–H groups in total. The Morgan fingerprint density at radius 3 is 1.47 bits per heavy atom. The molecule has 0 aliphatic heterocycles. The van der Waals surface area contributed by atoms with Crippen LogP contribution in [0.5, 0.6) is 0 Å². The molecule has 0 atom stereocenters. The number of furan rings is 2. The Labute approximate surface area is 332 Å². The summed E-state index contributed by atoms with van der Waals surface area (Å²) in [7, 11) is 0. The third-order valence-corrected chi connectivity index (χ3v) is 12.4. The number of hydrogen-bond donors (Lipinski definition) is 0. The van der Waals surface area contributed by atoms with Gasteiger partial charge in [0.25, 0.3) is 0 Å². The zero-order valence-corrected chi connectivity index (χ0v) is 31.3. The minimum atomic E-state index is 0.900. The van der Waals surface area contributed by atoms with Crippen LogP contribution in [0.2, 0.25) is 0 Å². The monoisotopic (exact) mass is 736 g/mol. The molecule has 58 heavy (non-hydrogen) atoms. The summed E-state index contributed by atoms with van der Waals surface area (Å²) >= 11 is 0. The van der Waals surface area contributed by atoms with E-state index in [4.69, 9.17) is 8.83 Å². The van der Waals surface area contributed by atoms with Gasteiger partial charge in [0.2, 0.25) is 0 Å². The minimum absolute atomic E-state index is 0.900. The molecule has 0 amide bonds. The SMILES string of the molecule is c1cc(-c2c3ccccc3c(-c3ccc4c(c3)oc3ccccc34)c3ccccc23)cc(-c2cc3ccccc3c3c2oc2c4ccccc4c4ccccc4c23)c1. The predicted molar refractivity (Wildman–Crippen MR) is 245 cm³/mol. The molecule has 0 unspecified atom stereocenters. The molecule has 268 valence electrons. The van der Waals surface area contributed by atoms with Gasteiger partial charge in [-0.05, 0) is 107 Å². The number of fused-ring (bicyclic) bond motifs is 15. The van der Waals surface area contributed by atoms with Crippen molar-refractivity contribution in [2.45, 2.75) is 0 Å². The van der Waals surface area contributed by atoms with Crippen molar-refractivity contribution in [2.75, 3.05) is 0 Å². The largest absolute Gasteiger partial charge is 0.456 e. The van der Waals surface area contributed by atoms with Crippen LogP contribution in [0.3, 0.4) is 0 Å². The van der Waals surface area contributed by atoms with Gasteiger partial charge >= 0.3 is 0 Å². The fraction of sp³-hybridized carbons (Fsp3) is 0. The molecule has 11 aromatic carbocycles. The molecule has 2 nitrogen and oxygen atoms in total.